The minimum absolute atomic E-state index is 0.264. The minimum atomic E-state index is -1.22. The summed E-state index contributed by atoms with van der Waals surface area (Å²) in [6.45, 7) is 5.75. The van der Waals surface area contributed by atoms with Crippen molar-refractivity contribution in [2.75, 3.05) is 5.32 Å². The average Bonchev–Trinajstić information content (AvgIpc) is 2.97. The molecule has 2 aliphatic rings. The van der Waals surface area contributed by atoms with E-state index in [-0.39, 0.29) is 18.4 Å². The summed E-state index contributed by atoms with van der Waals surface area (Å²) in [6.07, 6.45) is 6.57. The molecule has 0 aliphatic heterocycles. The van der Waals surface area contributed by atoms with E-state index in [0.29, 0.717) is 22.9 Å². The van der Waals surface area contributed by atoms with Gasteiger partial charge in [-0.1, -0.05) is 19.1 Å². The van der Waals surface area contributed by atoms with Gasteiger partial charge in [-0.3, -0.25) is 4.79 Å². The SMILES string of the molecule is CC(C)OC(=O)c1c(NC(=O)[C@H]2CC=CC[C@H]2C(=O)[O-])sc2c1CC[C@H](C)C2. The number of carbonyl (C=O) groups excluding carboxylic acids is 3. The minimum Gasteiger partial charge on any atom is -0.550 e. The van der Waals surface area contributed by atoms with Gasteiger partial charge in [0.25, 0.3) is 0 Å². The molecule has 0 aromatic carbocycles. The third-order valence-corrected chi connectivity index (χ3v) is 6.54. The second-order valence-corrected chi connectivity index (χ2v) is 9.08. The first kappa shape index (κ1) is 20.6. The van der Waals surface area contributed by atoms with Gasteiger partial charge in [0.2, 0.25) is 5.91 Å². The molecule has 0 fully saturated rings. The highest BCUT2D eigenvalue weighted by molar-refractivity contribution is 7.17. The summed E-state index contributed by atoms with van der Waals surface area (Å²) >= 11 is 1.41. The van der Waals surface area contributed by atoms with Crippen molar-refractivity contribution < 1.29 is 24.2 Å². The molecule has 3 atom stereocenters. The number of rotatable bonds is 5. The van der Waals surface area contributed by atoms with Crippen molar-refractivity contribution in [3.63, 3.8) is 0 Å². The molecule has 1 aromatic rings. The first-order valence-corrected chi connectivity index (χ1v) is 10.6. The molecule has 7 heteroatoms. The molecule has 0 unspecified atom stereocenters. The number of carboxylic acids is 1. The zero-order valence-electron chi connectivity index (χ0n) is 16.4. The molecule has 2 aliphatic carbocycles. The van der Waals surface area contributed by atoms with Gasteiger partial charge in [-0.15, -0.1) is 11.3 Å². The van der Waals surface area contributed by atoms with Crippen LogP contribution in [-0.4, -0.2) is 23.9 Å². The van der Waals surface area contributed by atoms with E-state index in [4.69, 9.17) is 4.74 Å². The number of carboxylic acid groups (broad SMARTS) is 1. The van der Waals surface area contributed by atoms with E-state index in [1.54, 1.807) is 19.9 Å². The fourth-order valence-corrected chi connectivity index (χ4v) is 5.30. The van der Waals surface area contributed by atoms with Gasteiger partial charge in [0.15, 0.2) is 0 Å². The van der Waals surface area contributed by atoms with Gasteiger partial charge in [-0.2, -0.15) is 0 Å². The van der Waals surface area contributed by atoms with E-state index >= 15 is 0 Å². The lowest BCUT2D eigenvalue weighted by Gasteiger charge is -2.28. The van der Waals surface area contributed by atoms with Gasteiger partial charge in [-0.25, -0.2) is 4.79 Å². The molecular formula is C21H26NO5S-. The van der Waals surface area contributed by atoms with Crippen molar-refractivity contribution in [1.82, 2.24) is 0 Å². The first-order valence-electron chi connectivity index (χ1n) is 9.80. The molecule has 1 heterocycles. The lowest BCUT2D eigenvalue weighted by Crippen LogP contribution is -2.41. The van der Waals surface area contributed by atoms with Crippen LogP contribution >= 0.6 is 11.3 Å². The normalized spacial score (nSPS) is 23.9. The lowest BCUT2D eigenvalue weighted by molar-refractivity contribution is -0.313. The van der Waals surface area contributed by atoms with Gasteiger partial charge >= 0.3 is 5.97 Å². The van der Waals surface area contributed by atoms with Crippen LogP contribution in [0.15, 0.2) is 12.2 Å². The molecule has 0 spiro atoms. The van der Waals surface area contributed by atoms with Crippen molar-refractivity contribution in [2.45, 2.75) is 59.0 Å². The molecule has 0 saturated carbocycles. The summed E-state index contributed by atoms with van der Waals surface area (Å²) < 4.78 is 5.42. The summed E-state index contributed by atoms with van der Waals surface area (Å²) in [4.78, 5) is 38.1. The van der Waals surface area contributed by atoms with Crippen molar-refractivity contribution in [3.05, 3.63) is 28.2 Å². The fraction of sp³-hybridized carbons (Fsp3) is 0.571. The van der Waals surface area contributed by atoms with Gasteiger partial charge in [0, 0.05) is 16.8 Å². The average molecular weight is 405 g/mol. The van der Waals surface area contributed by atoms with E-state index in [1.165, 1.54) is 11.3 Å². The second-order valence-electron chi connectivity index (χ2n) is 7.97. The summed E-state index contributed by atoms with van der Waals surface area (Å²) in [5.41, 5.74) is 1.40. The predicted octanol–water partition coefficient (Wildman–Crippen LogP) is 2.71. The van der Waals surface area contributed by atoms with Crippen LogP contribution in [0.5, 0.6) is 0 Å². The van der Waals surface area contributed by atoms with Crippen LogP contribution in [0, 0.1) is 17.8 Å². The molecule has 1 aromatic heterocycles. The second kappa shape index (κ2) is 8.47. The molecule has 0 radical (unpaired) electrons. The smallest absolute Gasteiger partial charge is 0.341 e. The standard InChI is InChI=1S/C21H27NO5S/c1-11(2)27-21(26)17-15-9-8-12(3)10-16(15)28-19(17)22-18(23)13-6-4-5-7-14(13)20(24)25/h4-5,11-14H,6-10H2,1-3H3,(H,22,23)(H,24,25)/p-1/t12-,13-,14+/m0/s1. The number of hydrogen-bond donors (Lipinski definition) is 1. The molecule has 0 saturated heterocycles. The Kier molecular flexibility index (Phi) is 6.23. The van der Waals surface area contributed by atoms with Crippen molar-refractivity contribution in [2.24, 2.45) is 17.8 Å². The maximum Gasteiger partial charge on any atom is 0.341 e. The highest BCUT2D eigenvalue weighted by atomic mass is 32.1. The van der Waals surface area contributed by atoms with Crippen LogP contribution in [0.1, 0.15) is 60.8 Å². The quantitative estimate of drug-likeness (QED) is 0.601. The lowest BCUT2D eigenvalue weighted by atomic mass is 9.82. The van der Waals surface area contributed by atoms with Gasteiger partial charge in [0.05, 0.1) is 17.6 Å². The van der Waals surface area contributed by atoms with Crippen LogP contribution in [0.25, 0.3) is 0 Å². The summed E-state index contributed by atoms with van der Waals surface area (Å²) in [7, 11) is 0. The summed E-state index contributed by atoms with van der Waals surface area (Å²) in [5.74, 6) is -3.08. The number of ether oxygens (including phenoxy) is 1. The third-order valence-electron chi connectivity index (χ3n) is 5.37. The number of amides is 1. The zero-order valence-corrected chi connectivity index (χ0v) is 17.3. The number of carbonyl (C=O) groups is 3. The van der Waals surface area contributed by atoms with Crippen molar-refractivity contribution in [1.29, 1.82) is 0 Å². The Morgan fingerprint density at radius 2 is 1.89 bits per heavy atom. The molecule has 6 nitrogen and oxygen atoms in total. The van der Waals surface area contributed by atoms with E-state index in [1.807, 2.05) is 6.08 Å². The number of anilines is 1. The molecule has 1 amide bonds. The summed E-state index contributed by atoms with van der Waals surface area (Å²) in [6, 6.07) is 0. The maximum atomic E-state index is 12.9. The fourth-order valence-electron chi connectivity index (χ4n) is 3.90. The molecular weight excluding hydrogens is 378 g/mol. The number of allylic oxidation sites excluding steroid dienone is 2. The van der Waals surface area contributed by atoms with Crippen LogP contribution in [0.4, 0.5) is 5.00 Å². The van der Waals surface area contributed by atoms with Crippen molar-refractivity contribution in [3.8, 4) is 0 Å². The molecule has 152 valence electrons. The van der Waals surface area contributed by atoms with E-state index in [2.05, 4.69) is 12.2 Å². The number of esters is 1. The van der Waals surface area contributed by atoms with Gasteiger partial charge < -0.3 is 20.0 Å². The molecule has 28 heavy (non-hydrogen) atoms. The number of nitrogens with one attached hydrogen (secondary N) is 1. The first-order chi connectivity index (χ1) is 13.3. The topological polar surface area (TPSA) is 95.5 Å². The molecule has 1 N–H and O–H groups in total. The Morgan fingerprint density at radius 1 is 1.21 bits per heavy atom. The third kappa shape index (κ3) is 4.29. The Bertz CT molecular complexity index is 810. The monoisotopic (exact) mass is 404 g/mol. The van der Waals surface area contributed by atoms with E-state index < -0.39 is 23.8 Å². The number of aliphatic carboxylic acids is 1. The van der Waals surface area contributed by atoms with Crippen LogP contribution in [0.3, 0.4) is 0 Å². The highest BCUT2D eigenvalue weighted by Gasteiger charge is 2.33. The number of hydrogen-bond acceptors (Lipinski definition) is 6. The summed E-state index contributed by atoms with van der Waals surface area (Å²) in [5, 5.41) is 14.7. The van der Waals surface area contributed by atoms with Gasteiger partial charge in [-0.05, 0) is 57.4 Å². The Labute approximate surface area is 169 Å². The van der Waals surface area contributed by atoms with E-state index in [9.17, 15) is 19.5 Å². The Morgan fingerprint density at radius 3 is 2.54 bits per heavy atom. The van der Waals surface area contributed by atoms with Crippen LogP contribution < -0.4 is 10.4 Å². The highest BCUT2D eigenvalue weighted by Crippen LogP contribution is 2.41. The maximum absolute atomic E-state index is 12.9. The van der Waals surface area contributed by atoms with Crippen molar-refractivity contribution >= 4 is 34.2 Å². The zero-order chi connectivity index (χ0) is 20.4. The molecule has 3 rings (SSSR count). The van der Waals surface area contributed by atoms with Gasteiger partial charge in [0.1, 0.15) is 5.00 Å². The largest absolute Gasteiger partial charge is 0.550 e. The molecule has 0 bridgehead atoms. The predicted molar refractivity (Wildman–Crippen MR) is 105 cm³/mol. The Balaban J connectivity index is 1.90. The number of thiophene rings is 1. The van der Waals surface area contributed by atoms with E-state index in [0.717, 1.165) is 29.7 Å². The Hall–Kier alpha value is -2.15. The van der Waals surface area contributed by atoms with Crippen LogP contribution in [-0.2, 0) is 27.2 Å². The van der Waals surface area contributed by atoms with Crippen LogP contribution in [0.2, 0.25) is 0 Å². The number of fused-ring (bicyclic) bond motifs is 1.